The molecule has 2 amide bonds. The summed E-state index contributed by atoms with van der Waals surface area (Å²) in [5.74, 6) is 0. The lowest BCUT2D eigenvalue weighted by molar-refractivity contribution is 0.128. The third kappa shape index (κ3) is 5.37. The maximum atomic E-state index is 12.1. The van der Waals surface area contributed by atoms with Gasteiger partial charge in [-0.15, -0.1) is 0 Å². The highest BCUT2D eigenvalue weighted by Gasteiger charge is 2.16. The first-order chi connectivity index (χ1) is 14.7. The van der Waals surface area contributed by atoms with Crippen molar-refractivity contribution in [3.63, 3.8) is 0 Å². The fourth-order valence-corrected chi connectivity index (χ4v) is 3.86. The van der Waals surface area contributed by atoms with Gasteiger partial charge in [-0.1, -0.05) is 36.4 Å². The van der Waals surface area contributed by atoms with Crippen molar-refractivity contribution in [2.24, 2.45) is 0 Å². The minimum atomic E-state index is -0.147. The second kappa shape index (κ2) is 9.73. The number of benzene rings is 1. The van der Waals surface area contributed by atoms with E-state index in [9.17, 15) is 4.79 Å². The number of piperazine rings is 1. The van der Waals surface area contributed by atoms with Crippen molar-refractivity contribution >= 4 is 11.7 Å². The van der Waals surface area contributed by atoms with E-state index in [1.54, 1.807) is 0 Å². The highest BCUT2D eigenvalue weighted by atomic mass is 16.2. The standard InChI is InChI=1S/C23H30N6O/c1-19-6-5-9-22-26-21(18-29(19)22)16-25-23(30)24-10-11-27-12-14-28(15-13-27)17-20-7-3-2-4-8-20/h2-9,18H,10-17H2,1H3,(H2,24,25,30). The monoisotopic (exact) mass is 406 g/mol. The van der Waals surface area contributed by atoms with Crippen molar-refractivity contribution in [2.75, 3.05) is 39.3 Å². The van der Waals surface area contributed by atoms with Crippen molar-refractivity contribution in [1.82, 2.24) is 29.8 Å². The molecule has 0 unspecified atom stereocenters. The van der Waals surface area contributed by atoms with E-state index in [1.807, 2.05) is 35.7 Å². The lowest BCUT2D eigenvalue weighted by Crippen LogP contribution is -2.48. The molecule has 158 valence electrons. The van der Waals surface area contributed by atoms with Gasteiger partial charge >= 0.3 is 6.03 Å². The molecule has 1 aliphatic heterocycles. The molecule has 0 bridgehead atoms. The van der Waals surface area contributed by atoms with Gasteiger partial charge in [0, 0.05) is 57.7 Å². The SMILES string of the molecule is Cc1cccc2nc(CNC(=O)NCCN3CCN(Cc4ccccc4)CC3)cn12. The van der Waals surface area contributed by atoms with E-state index >= 15 is 0 Å². The number of nitrogens with one attached hydrogen (secondary N) is 2. The molecule has 7 heteroatoms. The Hall–Kier alpha value is -2.90. The number of imidazole rings is 1. The fraction of sp³-hybridized carbons (Fsp3) is 0.391. The van der Waals surface area contributed by atoms with Gasteiger partial charge in [-0.25, -0.2) is 9.78 Å². The molecular formula is C23H30N6O. The van der Waals surface area contributed by atoms with Gasteiger partial charge in [0.05, 0.1) is 12.2 Å². The molecular weight excluding hydrogens is 376 g/mol. The van der Waals surface area contributed by atoms with E-state index in [0.717, 1.165) is 56.3 Å². The quantitative estimate of drug-likeness (QED) is 0.632. The number of hydrogen-bond donors (Lipinski definition) is 2. The van der Waals surface area contributed by atoms with Crippen molar-refractivity contribution < 1.29 is 4.79 Å². The number of aryl methyl sites for hydroxylation is 1. The van der Waals surface area contributed by atoms with Gasteiger partial charge in [0.1, 0.15) is 5.65 Å². The van der Waals surface area contributed by atoms with Crippen LogP contribution < -0.4 is 10.6 Å². The maximum Gasteiger partial charge on any atom is 0.315 e. The number of pyridine rings is 1. The zero-order chi connectivity index (χ0) is 20.8. The summed E-state index contributed by atoms with van der Waals surface area (Å²) in [7, 11) is 0. The Bertz CT molecular complexity index is 962. The highest BCUT2D eigenvalue weighted by Crippen LogP contribution is 2.09. The second-order valence-electron chi connectivity index (χ2n) is 7.84. The molecule has 0 radical (unpaired) electrons. The average molecular weight is 407 g/mol. The number of hydrogen-bond acceptors (Lipinski definition) is 4. The Labute approximate surface area is 177 Å². The zero-order valence-electron chi connectivity index (χ0n) is 17.6. The maximum absolute atomic E-state index is 12.1. The van der Waals surface area contributed by atoms with Crippen LogP contribution in [0.1, 0.15) is 17.0 Å². The van der Waals surface area contributed by atoms with Gasteiger partial charge in [0.25, 0.3) is 0 Å². The van der Waals surface area contributed by atoms with Crippen LogP contribution in [0.2, 0.25) is 0 Å². The third-order valence-electron chi connectivity index (χ3n) is 5.60. The molecule has 1 aromatic carbocycles. The van der Waals surface area contributed by atoms with Crippen LogP contribution >= 0.6 is 0 Å². The average Bonchev–Trinajstić information content (AvgIpc) is 3.19. The van der Waals surface area contributed by atoms with Crippen LogP contribution in [0, 0.1) is 6.92 Å². The highest BCUT2D eigenvalue weighted by molar-refractivity contribution is 5.73. The van der Waals surface area contributed by atoms with E-state index < -0.39 is 0 Å². The molecule has 0 atom stereocenters. The molecule has 0 saturated carbocycles. The van der Waals surface area contributed by atoms with E-state index in [2.05, 4.69) is 55.7 Å². The lowest BCUT2D eigenvalue weighted by atomic mass is 10.2. The molecule has 4 rings (SSSR count). The van der Waals surface area contributed by atoms with Crippen LogP contribution in [0.3, 0.4) is 0 Å². The molecule has 0 aliphatic carbocycles. The molecule has 3 heterocycles. The second-order valence-corrected chi connectivity index (χ2v) is 7.84. The minimum absolute atomic E-state index is 0.147. The summed E-state index contributed by atoms with van der Waals surface area (Å²) in [5, 5.41) is 5.86. The zero-order valence-corrected chi connectivity index (χ0v) is 17.6. The Morgan fingerprint density at radius 1 is 0.967 bits per heavy atom. The number of carbonyl (C=O) groups is 1. The summed E-state index contributed by atoms with van der Waals surface area (Å²) in [5.41, 5.74) is 4.25. The molecule has 1 fully saturated rings. The van der Waals surface area contributed by atoms with Crippen molar-refractivity contribution in [3.05, 3.63) is 71.7 Å². The predicted molar refractivity (Wildman–Crippen MR) is 118 cm³/mol. The summed E-state index contributed by atoms with van der Waals surface area (Å²) in [6, 6.07) is 16.5. The minimum Gasteiger partial charge on any atom is -0.337 e. The summed E-state index contributed by atoms with van der Waals surface area (Å²) >= 11 is 0. The van der Waals surface area contributed by atoms with Crippen LogP contribution in [-0.2, 0) is 13.1 Å². The van der Waals surface area contributed by atoms with Gasteiger partial charge in [-0.2, -0.15) is 0 Å². The van der Waals surface area contributed by atoms with E-state index in [1.165, 1.54) is 5.56 Å². The summed E-state index contributed by atoms with van der Waals surface area (Å²) in [4.78, 5) is 21.6. The summed E-state index contributed by atoms with van der Waals surface area (Å²) < 4.78 is 2.03. The number of amides is 2. The molecule has 3 aromatic rings. The first-order valence-corrected chi connectivity index (χ1v) is 10.6. The Morgan fingerprint density at radius 3 is 2.50 bits per heavy atom. The molecule has 7 nitrogen and oxygen atoms in total. The Balaban J connectivity index is 1.13. The van der Waals surface area contributed by atoms with Crippen molar-refractivity contribution in [1.29, 1.82) is 0 Å². The van der Waals surface area contributed by atoms with Crippen LogP contribution in [0.15, 0.2) is 54.7 Å². The summed E-state index contributed by atoms with van der Waals surface area (Å²) in [6.45, 7) is 9.20. The van der Waals surface area contributed by atoms with Crippen LogP contribution in [0.4, 0.5) is 4.79 Å². The van der Waals surface area contributed by atoms with Crippen LogP contribution in [-0.4, -0.2) is 64.5 Å². The number of rotatable bonds is 7. The number of fused-ring (bicyclic) bond motifs is 1. The largest absolute Gasteiger partial charge is 0.337 e. The topological polar surface area (TPSA) is 64.9 Å². The van der Waals surface area contributed by atoms with Gasteiger partial charge < -0.3 is 15.0 Å². The predicted octanol–water partition coefficient (Wildman–Crippen LogP) is 2.26. The third-order valence-corrected chi connectivity index (χ3v) is 5.60. The van der Waals surface area contributed by atoms with Gasteiger partial charge in [0.2, 0.25) is 0 Å². The number of urea groups is 1. The first-order valence-electron chi connectivity index (χ1n) is 10.6. The Morgan fingerprint density at radius 2 is 1.73 bits per heavy atom. The van der Waals surface area contributed by atoms with E-state index in [0.29, 0.717) is 13.1 Å². The molecule has 2 N–H and O–H groups in total. The van der Waals surface area contributed by atoms with Gasteiger partial charge in [-0.05, 0) is 24.6 Å². The number of aromatic nitrogens is 2. The lowest BCUT2D eigenvalue weighted by Gasteiger charge is -2.34. The number of nitrogens with zero attached hydrogens (tertiary/aromatic N) is 4. The van der Waals surface area contributed by atoms with Gasteiger partial charge in [-0.3, -0.25) is 9.80 Å². The normalized spacial score (nSPS) is 15.4. The fourth-order valence-electron chi connectivity index (χ4n) is 3.86. The number of carbonyl (C=O) groups excluding carboxylic acids is 1. The van der Waals surface area contributed by atoms with E-state index in [-0.39, 0.29) is 6.03 Å². The summed E-state index contributed by atoms with van der Waals surface area (Å²) in [6.07, 6.45) is 1.97. The molecule has 2 aromatic heterocycles. The van der Waals surface area contributed by atoms with Crippen LogP contribution in [0.25, 0.3) is 5.65 Å². The van der Waals surface area contributed by atoms with Crippen molar-refractivity contribution in [3.8, 4) is 0 Å². The molecule has 30 heavy (non-hydrogen) atoms. The van der Waals surface area contributed by atoms with Gasteiger partial charge in [0.15, 0.2) is 0 Å². The molecule has 1 saturated heterocycles. The van der Waals surface area contributed by atoms with Crippen molar-refractivity contribution in [2.45, 2.75) is 20.0 Å². The first kappa shape index (κ1) is 20.4. The smallest absolute Gasteiger partial charge is 0.315 e. The van der Waals surface area contributed by atoms with E-state index in [4.69, 9.17) is 0 Å². The van der Waals surface area contributed by atoms with Crippen LogP contribution in [0.5, 0.6) is 0 Å². The molecule has 0 spiro atoms. The Kier molecular flexibility index (Phi) is 6.61. The molecule has 1 aliphatic rings.